The molecule has 0 aliphatic carbocycles. The van der Waals surface area contributed by atoms with Gasteiger partial charge in [-0.15, -0.1) is 0 Å². The van der Waals surface area contributed by atoms with Gasteiger partial charge in [-0.3, -0.25) is 4.90 Å². The quantitative estimate of drug-likeness (QED) is 0.722. The molecule has 0 saturated carbocycles. The van der Waals surface area contributed by atoms with Gasteiger partial charge in [0.15, 0.2) is 0 Å². The first-order valence-electron chi connectivity index (χ1n) is 7.60. The molecule has 1 aliphatic heterocycles. The highest BCUT2D eigenvalue weighted by atomic mass is 16.5. The Bertz CT molecular complexity index is 217. The topological polar surface area (TPSA) is 24.5 Å². The van der Waals surface area contributed by atoms with Crippen molar-refractivity contribution in [3.63, 3.8) is 0 Å². The van der Waals surface area contributed by atoms with E-state index in [-0.39, 0.29) is 0 Å². The van der Waals surface area contributed by atoms with E-state index < -0.39 is 0 Å². The molecular formula is C15H32N2O. The van der Waals surface area contributed by atoms with Crippen molar-refractivity contribution in [2.24, 2.45) is 5.92 Å². The maximum atomic E-state index is 5.44. The van der Waals surface area contributed by atoms with Crippen LogP contribution in [0, 0.1) is 5.92 Å². The zero-order valence-corrected chi connectivity index (χ0v) is 12.9. The third-order valence-electron chi connectivity index (χ3n) is 4.03. The Balaban J connectivity index is 2.50. The summed E-state index contributed by atoms with van der Waals surface area (Å²) in [6, 6.07) is 1.34. The minimum absolute atomic E-state index is 0.414. The number of hydrogen-bond donors (Lipinski definition) is 1. The summed E-state index contributed by atoms with van der Waals surface area (Å²) in [6.45, 7) is 12.6. The van der Waals surface area contributed by atoms with Crippen molar-refractivity contribution in [2.45, 2.75) is 65.1 Å². The summed E-state index contributed by atoms with van der Waals surface area (Å²) in [4.78, 5) is 2.68. The second-order valence-corrected chi connectivity index (χ2v) is 6.02. The van der Waals surface area contributed by atoms with Gasteiger partial charge in [0.25, 0.3) is 0 Å². The van der Waals surface area contributed by atoms with Crippen LogP contribution < -0.4 is 5.32 Å². The van der Waals surface area contributed by atoms with Crippen LogP contribution in [0.3, 0.4) is 0 Å². The molecule has 1 N–H and O–H groups in total. The molecule has 0 aromatic carbocycles. The van der Waals surface area contributed by atoms with Gasteiger partial charge in [-0.05, 0) is 25.2 Å². The fraction of sp³-hybridized carbons (Fsp3) is 1.00. The molecule has 0 amide bonds. The molecule has 18 heavy (non-hydrogen) atoms. The summed E-state index contributed by atoms with van der Waals surface area (Å²) in [5.74, 6) is 0.741. The number of hydrogen-bond acceptors (Lipinski definition) is 3. The van der Waals surface area contributed by atoms with Gasteiger partial charge in [0.2, 0.25) is 0 Å². The molecule has 0 radical (unpaired) electrons. The zero-order valence-electron chi connectivity index (χ0n) is 12.9. The van der Waals surface area contributed by atoms with Crippen LogP contribution in [0.4, 0.5) is 0 Å². The predicted molar refractivity (Wildman–Crippen MR) is 78.0 cm³/mol. The van der Waals surface area contributed by atoms with Gasteiger partial charge < -0.3 is 10.1 Å². The lowest BCUT2D eigenvalue weighted by atomic mass is 10.1. The first kappa shape index (κ1) is 15.9. The van der Waals surface area contributed by atoms with E-state index in [4.69, 9.17) is 4.74 Å². The van der Waals surface area contributed by atoms with Crippen molar-refractivity contribution in [1.29, 1.82) is 0 Å². The van der Waals surface area contributed by atoms with Crippen LogP contribution in [-0.2, 0) is 4.74 Å². The number of rotatable bonds is 8. The molecule has 0 spiro atoms. The van der Waals surface area contributed by atoms with E-state index in [1.165, 1.54) is 25.9 Å². The van der Waals surface area contributed by atoms with Crippen LogP contribution in [-0.4, -0.2) is 49.8 Å². The summed E-state index contributed by atoms with van der Waals surface area (Å²) in [5.41, 5.74) is 0. The number of nitrogens with one attached hydrogen (secondary N) is 1. The lowest BCUT2D eigenvalue weighted by Gasteiger charge is -2.34. The van der Waals surface area contributed by atoms with Crippen molar-refractivity contribution in [1.82, 2.24) is 10.2 Å². The summed E-state index contributed by atoms with van der Waals surface area (Å²) in [7, 11) is 1.82. The highest BCUT2D eigenvalue weighted by Crippen LogP contribution is 2.16. The normalized spacial score (nSPS) is 24.7. The van der Waals surface area contributed by atoms with Crippen molar-refractivity contribution < 1.29 is 4.74 Å². The minimum Gasteiger partial charge on any atom is -0.380 e. The molecule has 1 rings (SSSR count). The van der Waals surface area contributed by atoms with Gasteiger partial charge >= 0.3 is 0 Å². The van der Waals surface area contributed by atoms with Crippen LogP contribution in [0.25, 0.3) is 0 Å². The molecule has 1 heterocycles. The Morgan fingerprint density at radius 2 is 1.94 bits per heavy atom. The van der Waals surface area contributed by atoms with Crippen LogP contribution in [0.2, 0.25) is 0 Å². The fourth-order valence-corrected chi connectivity index (χ4v) is 3.03. The first-order valence-corrected chi connectivity index (χ1v) is 7.60. The Labute approximate surface area is 113 Å². The van der Waals surface area contributed by atoms with Crippen LogP contribution in [0.1, 0.15) is 47.0 Å². The van der Waals surface area contributed by atoms with Gasteiger partial charge in [0.05, 0.1) is 6.10 Å². The monoisotopic (exact) mass is 256 g/mol. The van der Waals surface area contributed by atoms with Crippen molar-refractivity contribution in [2.75, 3.05) is 26.7 Å². The van der Waals surface area contributed by atoms with E-state index in [9.17, 15) is 0 Å². The van der Waals surface area contributed by atoms with Crippen LogP contribution >= 0.6 is 0 Å². The SMILES string of the molecule is CCC(CC)N(CC(C)C)CC1CC(OC)CN1. The van der Waals surface area contributed by atoms with Crippen LogP contribution in [0.15, 0.2) is 0 Å². The summed E-state index contributed by atoms with van der Waals surface area (Å²) >= 11 is 0. The molecule has 2 unspecified atom stereocenters. The van der Waals surface area contributed by atoms with Gasteiger partial charge in [-0.2, -0.15) is 0 Å². The highest BCUT2D eigenvalue weighted by molar-refractivity contribution is 4.86. The zero-order chi connectivity index (χ0) is 13.5. The smallest absolute Gasteiger partial charge is 0.0711 e. The maximum absolute atomic E-state index is 5.44. The lowest BCUT2D eigenvalue weighted by Crippen LogP contribution is -2.44. The predicted octanol–water partition coefficient (Wildman–Crippen LogP) is 2.51. The van der Waals surface area contributed by atoms with Gasteiger partial charge in [-0.25, -0.2) is 0 Å². The first-order chi connectivity index (χ1) is 8.60. The Morgan fingerprint density at radius 1 is 1.28 bits per heavy atom. The van der Waals surface area contributed by atoms with E-state index in [1.54, 1.807) is 0 Å². The second kappa shape index (κ2) is 8.13. The molecule has 0 aromatic heterocycles. The van der Waals surface area contributed by atoms with E-state index >= 15 is 0 Å². The lowest BCUT2D eigenvalue weighted by molar-refractivity contribution is 0.111. The molecule has 108 valence electrons. The number of nitrogens with zero attached hydrogens (tertiary/aromatic N) is 1. The maximum Gasteiger partial charge on any atom is 0.0711 e. The largest absolute Gasteiger partial charge is 0.380 e. The average Bonchev–Trinajstić information content (AvgIpc) is 2.77. The van der Waals surface area contributed by atoms with E-state index in [1.807, 2.05) is 7.11 Å². The standard InChI is InChI=1S/C15H32N2O/c1-6-14(7-2)17(10-12(3)4)11-13-8-15(18-5)9-16-13/h12-16H,6-11H2,1-5H3. The van der Waals surface area contributed by atoms with E-state index in [0.717, 1.165) is 24.9 Å². The van der Waals surface area contributed by atoms with Crippen molar-refractivity contribution in [3.05, 3.63) is 0 Å². The number of ether oxygens (including phenoxy) is 1. The average molecular weight is 256 g/mol. The summed E-state index contributed by atoms with van der Waals surface area (Å²) < 4.78 is 5.44. The Kier molecular flexibility index (Phi) is 7.20. The molecular weight excluding hydrogens is 224 g/mol. The highest BCUT2D eigenvalue weighted by Gasteiger charge is 2.27. The number of methoxy groups -OCH3 is 1. The molecule has 0 aromatic rings. The molecule has 3 heteroatoms. The summed E-state index contributed by atoms with van der Waals surface area (Å²) in [5, 5.41) is 3.60. The third-order valence-corrected chi connectivity index (χ3v) is 4.03. The van der Waals surface area contributed by atoms with Gasteiger partial charge in [0.1, 0.15) is 0 Å². The van der Waals surface area contributed by atoms with Gasteiger partial charge in [0, 0.05) is 38.8 Å². The molecule has 1 aliphatic rings. The second-order valence-electron chi connectivity index (χ2n) is 6.02. The molecule has 0 bridgehead atoms. The van der Waals surface area contributed by atoms with Crippen LogP contribution in [0.5, 0.6) is 0 Å². The molecule has 2 atom stereocenters. The third kappa shape index (κ3) is 4.87. The molecule has 3 nitrogen and oxygen atoms in total. The van der Waals surface area contributed by atoms with Crippen molar-refractivity contribution >= 4 is 0 Å². The Hall–Kier alpha value is -0.120. The fourth-order valence-electron chi connectivity index (χ4n) is 3.03. The van der Waals surface area contributed by atoms with Crippen molar-refractivity contribution in [3.8, 4) is 0 Å². The minimum atomic E-state index is 0.414. The molecule has 1 saturated heterocycles. The van der Waals surface area contributed by atoms with E-state index in [0.29, 0.717) is 12.1 Å². The molecule has 1 fully saturated rings. The van der Waals surface area contributed by atoms with Gasteiger partial charge in [-0.1, -0.05) is 27.7 Å². The Morgan fingerprint density at radius 3 is 2.39 bits per heavy atom. The summed E-state index contributed by atoms with van der Waals surface area (Å²) in [6.07, 6.45) is 4.08. The van der Waals surface area contributed by atoms with E-state index in [2.05, 4.69) is 37.9 Å².